The van der Waals surface area contributed by atoms with Gasteiger partial charge in [-0.15, -0.1) is 3.89 Å². The van der Waals surface area contributed by atoms with Crippen molar-refractivity contribution in [1.29, 1.82) is 0 Å². The number of rotatable bonds is 4. The van der Waals surface area contributed by atoms with Crippen molar-refractivity contribution in [1.82, 2.24) is 4.98 Å². The van der Waals surface area contributed by atoms with Gasteiger partial charge in [0, 0.05) is 18.9 Å². The minimum Gasteiger partial charge on any atom is -0.464 e. The molecule has 1 aliphatic rings. The summed E-state index contributed by atoms with van der Waals surface area (Å²) in [6.45, 7) is 0.0413. The van der Waals surface area contributed by atoms with Crippen molar-refractivity contribution in [3.8, 4) is 0 Å². The minimum absolute atomic E-state index is 0.0318. The Kier molecular flexibility index (Phi) is 4.21. The van der Waals surface area contributed by atoms with E-state index in [4.69, 9.17) is 0 Å². The van der Waals surface area contributed by atoms with E-state index in [0.717, 1.165) is 0 Å². The first kappa shape index (κ1) is 15.4. The van der Waals surface area contributed by atoms with Crippen molar-refractivity contribution >= 4 is 27.9 Å². The largest absolute Gasteiger partial charge is 0.464 e. The molecular weight excluding hydrogens is 303 g/mol. The molecule has 1 amide bonds. The zero-order chi connectivity index (χ0) is 15.6. The maximum Gasteiger partial charge on any atom is 0.356 e. The fraction of sp³-hybridized carbons (Fsp3) is 0.417. The molecule has 9 heteroatoms. The van der Waals surface area contributed by atoms with E-state index in [1.807, 2.05) is 0 Å². The van der Waals surface area contributed by atoms with E-state index >= 15 is 0 Å². The van der Waals surface area contributed by atoms with E-state index in [2.05, 4.69) is 9.72 Å². The van der Waals surface area contributed by atoms with Gasteiger partial charge in [0.1, 0.15) is 5.82 Å². The molecule has 1 aliphatic heterocycles. The second-order valence-electron chi connectivity index (χ2n) is 4.65. The summed E-state index contributed by atoms with van der Waals surface area (Å²) in [5.41, 5.74) is 0.0318. The Morgan fingerprint density at radius 3 is 2.86 bits per heavy atom. The number of carbonyl (C=O) groups excluding carboxylic acids is 2. The SMILES string of the molecule is COC(=O)c1cccc(N2CC(CS(=O)(=O)F)CC2=O)n1. The number of anilines is 1. The Hall–Kier alpha value is -2.03. The third-order valence-electron chi connectivity index (χ3n) is 3.05. The zero-order valence-electron chi connectivity index (χ0n) is 11.2. The van der Waals surface area contributed by atoms with Gasteiger partial charge < -0.3 is 4.74 Å². The van der Waals surface area contributed by atoms with Gasteiger partial charge in [0.05, 0.1) is 12.9 Å². The number of hydrogen-bond acceptors (Lipinski definition) is 6. The molecule has 0 radical (unpaired) electrons. The van der Waals surface area contributed by atoms with Crippen molar-refractivity contribution in [2.75, 3.05) is 24.3 Å². The van der Waals surface area contributed by atoms with E-state index in [0.29, 0.717) is 0 Å². The number of carbonyl (C=O) groups is 2. The molecule has 2 rings (SSSR count). The molecule has 0 aliphatic carbocycles. The topological polar surface area (TPSA) is 93.6 Å². The lowest BCUT2D eigenvalue weighted by molar-refractivity contribution is -0.117. The zero-order valence-corrected chi connectivity index (χ0v) is 12.0. The predicted octanol–water partition coefficient (Wildman–Crippen LogP) is 0.520. The van der Waals surface area contributed by atoms with Crippen LogP contribution in [0.25, 0.3) is 0 Å². The van der Waals surface area contributed by atoms with E-state index in [-0.39, 0.29) is 30.4 Å². The maximum atomic E-state index is 12.7. The van der Waals surface area contributed by atoms with Crippen LogP contribution in [0.5, 0.6) is 0 Å². The van der Waals surface area contributed by atoms with Crippen molar-refractivity contribution in [2.45, 2.75) is 6.42 Å². The third kappa shape index (κ3) is 3.75. The van der Waals surface area contributed by atoms with Crippen LogP contribution in [0.2, 0.25) is 0 Å². The van der Waals surface area contributed by atoms with Crippen LogP contribution in [0.3, 0.4) is 0 Å². The molecule has 1 unspecified atom stereocenters. The first-order valence-corrected chi connectivity index (χ1v) is 7.63. The summed E-state index contributed by atoms with van der Waals surface area (Å²) in [6, 6.07) is 4.47. The molecule has 114 valence electrons. The quantitative estimate of drug-likeness (QED) is 0.594. The van der Waals surface area contributed by atoms with Gasteiger partial charge in [-0.05, 0) is 12.1 Å². The molecule has 0 bridgehead atoms. The summed E-state index contributed by atoms with van der Waals surface area (Å²) in [5.74, 6) is -2.13. The Morgan fingerprint density at radius 1 is 1.52 bits per heavy atom. The molecule has 21 heavy (non-hydrogen) atoms. The number of pyridine rings is 1. The van der Waals surface area contributed by atoms with Gasteiger partial charge in [0.2, 0.25) is 5.91 Å². The number of ether oxygens (including phenoxy) is 1. The second-order valence-corrected chi connectivity index (χ2v) is 6.06. The summed E-state index contributed by atoms with van der Waals surface area (Å²) >= 11 is 0. The van der Waals surface area contributed by atoms with Crippen LogP contribution in [-0.4, -0.2) is 44.7 Å². The van der Waals surface area contributed by atoms with Gasteiger partial charge in [0.15, 0.2) is 5.69 Å². The third-order valence-corrected chi connectivity index (χ3v) is 3.91. The average Bonchev–Trinajstić information content (AvgIpc) is 2.76. The molecule has 1 saturated heterocycles. The first-order valence-electron chi connectivity index (χ1n) is 6.08. The molecule has 0 N–H and O–H groups in total. The number of esters is 1. The molecule has 7 nitrogen and oxygen atoms in total. The fourth-order valence-corrected chi connectivity index (χ4v) is 2.97. The lowest BCUT2D eigenvalue weighted by Gasteiger charge is -2.15. The lowest BCUT2D eigenvalue weighted by Crippen LogP contribution is -2.26. The summed E-state index contributed by atoms with van der Waals surface area (Å²) in [7, 11) is -3.43. The van der Waals surface area contributed by atoms with Gasteiger partial charge in [-0.25, -0.2) is 9.78 Å². The first-order chi connectivity index (χ1) is 9.80. The minimum atomic E-state index is -4.64. The van der Waals surface area contributed by atoms with Crippen molar-refractivity contribution < 1.29 is 26.6 Å². The molecule has 2 heterocycles. The summed E-state index contributed by atoms with van der Waals surface area (Å²) < 4.78 is 38.5. The number of methoxy groups -OCH3 is 1. The highest BCUT2D eigenvalue weighted by atomic mass is 32.3. The average molecular weight is 316 g/mol. The number of halogens is 1. The second kappa shape index (κ2) is 5.76. The van der Waals surface area contributed by atoms with Crippen LogP contribution < -0.4 is 4.90 Å². The Morgan fingerprint density at radius 2 is 2.24 bits per heavy atom. The highest BCUT2D eigenvalue weighted by molar-refractivity contribution is 7.86. The van der Waals surface area contributed by atoms with Gasteiger partial charge in [-0.1, -0.05) is 6.07 Å². The highest BCUT2D eigenvalue weighted by Gasteiger charge is 2.34. The molecular formula is C12H13FN2O5S. The molecule has 1 atom stereocenters. The maximum absolute atomic E-state index is 12.7. The van der Waals surface area contributed by atoms with E-state index in [1.165, 1.54) is 30.2 Å². The molecule has 1 fully saturated rings. The fourth-order valence-electron chi connectivity index (χ4n) is 2.19. The number of hydrogen-bond donors (Lipinski definition) is 0. The normalized spacial score (nSPS) is 18.9. The Bertz CT molecular complexity index is 676. The smallest absolute Gasteiger partial charge is 0.356 e. The summed E-state index contributed by atoms with van der Waals surface area (Å²) in [5, 5.41) is 0. The number of nitrogens with zero attached hydrogens (tertiary/aromatic N) is 2. The van der Waals surface area contributed by atoms with Crippen LogP contribution in [0.4, 0.5) is 9.70 Å². The van der Waals surface area contributed by atoms with Crippen LogP contribution in [0.1, 0.15) is 16.9 Å². The Balaban J connectivity index is 2.19. The molecule has 0 saturated carbocycles. The predicted molar refractivity (Wildman–Crippen MR) is 70.9 cm³/mol. The molecule has 0 spiro atoms. The van der Waals surface area contributed by atoms with E-state index in [1.54, 1.807) is 0 Å². The van der Waals surface area contributed by atoms with Crippen molar-refractivity contribution in [2.24, 2.45) is 5.92 Å². The molecule has 1 aromatic rings. The van der Waals surface area contributed by atoms with E-state index < -0.39 is 27.9 Å². The van der Waals surface area contributed by atoms with Crippen LogP contribution in [-0.2, 0) is 19.8 Å². The van der Waals surface area contributed by atoms with Crippen molar-refractivity contribution in [3.63, 3.8) is 0 Å². The number of amides is 1. The van der Waals surface area contributed by atoms with Gasteiger partial charge in [-0.2, -0.15) is 8.42 Å². The van der Waals surface area contributed by atoms with E-state index in [9.17, 15) is 21.9 Å². The van der Waals surface area contributed by atoms with Gasteiger partial charge in [-0.3, -0.25) is 9.69 Å². The van der Waals surface area contributed by atoms with Gasteiger partial charge in [0.25, 0.3) is 0 Å². The monoisotopic (exact) mass is 316 g/mol. The van der Waals surface area contributed by atoms with Crippen LogP contribution in [0, 0.1) is 5.92 Å². The Labute approximate surface area is 120 Å². The van der Waals surface area contributed by atoms with Gasteiger partial charge >= 0.3 is 16.2 Å². The summed E-state index contributed by atoms with van der Waals surface area (Å²) in [6.07, 6.45) is -0.0761. The highest BCUT2D eigenvalue weighted by Crippen LogP contribution is 2.25. The van der Waals surface area contributed by atoms with Crippen LogP contribution >= 0.6 is 0 Å². The summed E-state index contributed by atoms with van der Waals surface area (Å²) in [4.78, 5) is 28.5. The molecule has 0 aromatic carbocycles. The lowest BCUT2D eigenvalue weighted by atomic mass is 10.1. The van der Waals surface area contributed by atoms with Crippen LogP contribution in [0.15, 0.2) is 18.2 Å². The molecule has 1 aromatic heterocycles. The number of aromatic nitrogens is 1. The standard InChI is InChI=1S/C12H13FN2O5S/c1-20-12(17)9-3-2-4-10(14-9)15-6-8(5-11(15)16)7-21(13,18)19/h2-4,8H,5-7H2,1H3. The van der Waals surface area contributed by atoms with Crippen molar-refractivity contribution in [3.05, 3.63) is 23.9 Å².